The van der Waals surface area contributed by atoms with Crippen LogP contribution in [0.15, 0.2) is 4.90 Å². The van der Waals surface area contributed by atoms with Crippen LogP contribution < -0.4 is 11.1 Å². The molecule has 5 heteroatoms. The van der Waals surface area contributed by atoms with Gasteiger partial charge < -0.3 is 11.1 Å². The van der Waals surface area contributed by atoms with Crippen LogP contribution in [0.4, 0.5) is 10.7 Å². The summed E-state index contributed by atoms with van der Waals surface area (Å²) >= 11 is 3.19. The van der Waals surface area contributed by atoms with Crippen molar-refractivity contribution in [3.05, 3.63) is 4.88 Å². The SMILES string of the molecule is CSc1c(NC(C)C2CC2)sc(C(=O)C2CC2)c1N. The number of rotatable bonds is 6. The highest BCUT2D eigenvalue weighted by molar-refractivity contribution is 7.99. The lowest BCUT2D eigenvalue weighted by Gasteiger charge is -2.13. The Morgan fingerprint density at radius 2 is 2.11 bits per heavy atom. The minimum Gasteiger partial charge on any atom is -0.396 e. The maximum Gasteiger partial charge on any atom is 0.178 e. The van der Waals surface area contributed by atoms with E-state index in [1.54, 1.807) is 23.1 Å². The number of nitrogens with one attached hydrogen (secondary N) is 1. The van der Waals surface area contributed by atoms with E-state index in [0.717, 1.165) is 33.5 Å². The Bertz CT molecular complexity index is 504. The summed E-state index contributed by atoms with van der Waals surface area (Å²) in [6, 6.07) is 0.479. The second-order valence-electron chi connectivity index (χ2n) is 5.62. The Labute approximate surface area is 122 Å². The van der Waals surface area contributed by atoms with E-state index in [9.17, 15) is 4.79 Å². The molecule has 1 atom stereocenters. The molecule has 0 aromatic carbocycles. The third kappa shape index (κ3) is 2.63. The first-order valence-electron chi connectivity index (χ1n) is 6.88. The summed E-state index contributed by atoms with van der Waals surface area (Å²) < 4.78 is 0. The fraction of sp³-hybridized carbons (Fsp3) is 0.643. The topological polar surface area (TPSA) is 55.1 Å². The third-order valence-electron chi connectivity index (χ3n) is 3.96. The molecule has 3 nitrogen and oxygen atoms in total. The van der Waals surface area contributed by atoms with Crippen LogP contribution in [0.25, 0.3) is 0 Å². The molecule has 1 heterocycles. The predicted octanol–water partition coefficient (Wildman–Crippen LogP) is 3.86. The van der Waals surface area contributed by atoms with Gasteiger partial charge in [-0.05, 0) is 44.8 Å². The summed E-state index contributed by atoms with van der Waals surface area (Å²) in [4.78, 5) is 14.1. The van der Waals surface area contributed by atoms with Gasteiger partial charge in [0.05, 0.1) is 15.5 Å². The summed E-state index contributed by atoms with van der Waals surface area (Å²) in [6.45, 7) is 2.22. The molecule has 3 rings (SSSR count). The predicted molar refractivity (Wildman–Crippen MR) is 83.4 cm³/mol. The lowest BCUT2D eigenvalue weighted by molar-refractivity contribution is 0.0972. The van der Waals surface area contributed by atoms with Gasteiger partial charge in [-0.1, -0.05) is 0 Å². The fourth-order valence-electron chi connectivity index (χ4n) is 2.36. The van der Waals surface area contributed by atoms with Crippen LogP contribution in [0.5, 0.6) is 0 Å². The number of ketones is 1. The Kier molecular flexibility index (Phi) is 3.52. The Morgan fingerprint density at radius 3 is 2.63 bits per heavy atom. The molecule has 1 aromatic heterocycles. The Morgan fingerprint density at radius 1 is 1.42 bits per heavy atom. The molecular weight excluding hydrogens is 276 g/mol. The molecule has 1 aromatic rings. The van der Waals surface area contributed by atoms with E-state index >= 15 is 0 Å². The van der Waals surface area contributed by atoms with Crippen molar-refractivity contribution in [3.63, 3.8) is 0 Å². The molecule has 0 amide bonds. The average molecular weight is 296 g/mol. The smallest absolute Gasteiger partial charge is 0.178 e. The van der Waals surface area contributed by atoms with Gasteiger partial charge in [0.25, 0.3) is 0 Å². The van der Waals surface area contributed by atoms with Gasteiger partial charge >= 0.3 is 0 Å². The van der Waals surface area contributed by atoms with Crippen LogP contribution in [-0.2, 0) is 0 Å². The van der Waals surface area contributed by atoms with Crippen molar-refractivity contribution in [1.82, 2.24) is 0 Å². The summed E-state index contributed by atoms with van der Waals surface area (Å²) in [5, 5.41) is 4.66. The minimum atomic E-state index is 0.240. The molecule has 104 valence electrons. The van der Waals surface area contributed by atoms with Crippen LogP contribution in [-0.4, -0.2) is 18.1 Å². The van der Waals surface area contributed by atoms with Gasteiger partial charge in [-0.2, -0.15) is 0 Å². The van der Waals surface area contributed by atoms with E-state index in [0.29, 0.717) is 11.7 Å². The molecule has 0 radical (unpaired) electrons. The second-order valence-corrected chi connectivity index (χ2v) is 7.45. The maximum atomic E-state index is 12.2. The number of thioether (sulfide) groups is 1. The lowest BCUT2D eigenvalue weighted by Crippen LogP contribution is -2.16. The molecule has 0 bridgehead atoms. The largest absolute Gasteiger partial charge is 0.396 e. The molecule has 2 aliphatic rings. The maximum absolute atomic E-state index is 12.2. The highest BCUT2D eigenvalue weighted by atomic mass is 32.2. The molecule has 2 aliphatic carbocycles. The van der Waals surface area contributed by atoms with E-state index in [-0.39, 0.29) is 11.7 Å². The van der Waals surface area contributed by atoms with Crippen molar-refractivity contribution in [3.8, 4) is 0 Å². The van der Waals surface area contributed by atoms with Crippen LogP contribution >= 0.6 is 23.1 Å². The van der Waals surface area contributed by atoms with Gasteiger partial charge in [-0.25, -0.2) is 0 Å². The highest BCUT2D eigenvalue weighted by Crippen LogP contribution is 2.46. The first-order valence-corrected chi connectivity index (χ1v) is 8.93. The van der Waals surface area contributed by atoms with Crippen molar-refractivity contribution in [1.29, 1.82) is 0 Å². The zero-order chi connectivity index (χ0) is 13.6. The van der Waals surface area contributed by atoms with Crippen molar-refractivity contribution in [2.75, 3.05) is 17.3 Å². The first-order chi connectivity index (χ1) is 9.11. The fourth-order valence-corrected chi connectivity index (χ4v) is 4.50. The molecular formula is C14H20N2OS2. The number of carbonyl (C=O) groups is 1. The number of carbonyl (C=O) groups excluding carboxylic acids is 1. The molecule has 0 saturated heterocycles. The summed E-state index contributed by atoms with van der Waals surface area (Å²) in [5.41, 5.74) is 6.87. The quantitative estimate of drug-likeness (QED) is 0.618. The highest BCUT2D eigenvalue weighted by Gasteiger charge is 2.35. The standard InChI is InChI=1S/C14H20N2OS2/c1-7(8-3-4-8)16-14-13(18-2)10(15)12(19-14)11(17)9-5-6-9/h7-9,16H,3-6,15H2,1-2H3. The molecule has 2 fully saturated rings. The molecule has 19 heavy (non-hydrogen) atoms. The van der Waals surface area contributed by atoms with Crippen molar-refractivity contribution in [2.24, 2.45) is 11.8 Å². The van der Waals surface area contributed by atoms with E-state index < -0.39 is 0 Å². The Balaban J connectivity index is 1.85. The number of anilines is 2. The number of Topliss-reactive ketones (excluding diaryl/α,β-unsaturated/α-hetero) is 1. The number of nitrogen functional groups attached to an aromatic ring is 1. The monoisotopic (exact) mass is 296 g/mol. The molecule has 1 unspecified atom stereocenters. The zero-order valence-corrected chi connectivity index (χ0v) is 13.0. The van der Waals surface area contributed by atoms with E-state index in [4.69, 9.17) is 5.73 Å². The van der Waals surface area contributed by atoms with Gasteiger partial charge in [0.1, 0.15) is 5.00 Å². The second kappa shape index (κ2) is 5.02. The van der Waals surface area contributed by atoms with Gasteiger partial charge in [-0.3, -0.25) is 4.79 Å². The van der Waals surface area contributed by atoms with Crippen LogP contribution in [0, 0.1) is 11.8 Å². The lowest BCUT2D eigenvalue weighted by atomic mass is 10.2. The van der Waals surface area contributed by atoms with Crippen molar-refractivity contribution >= 4 is 39.6 Å². The van der Waals surface area contributed by atoms with E-state index in [2.05, 4.69) is 12.2 Å². The first kappa shape index (κ1) is 13.3. The summed E-state index contributed by atoms with van der Waals surface area (Å²) in [7, 11) is 0. The molecule has 0 aliphatic heterocycles. The number of thiophene rings is 1. The van der Waals surface area contributed by atoms with E-state index in [1.807, 2.05) is 6.26 Å². The van der Waals surface area contributed by atoms with Crippen LogP contribution in [0.2, 0.25) is 0 Å². The third-order valence-corrected chi connectivity index (χ3v) is 6.08. The molecule has 0 spiro atoms. The van der Waals surface area contributed by atoms with Gasteiger partial charge in [0.15, 0.2) is 5.78 Å². The summed E-state index contributed by atoms with van der Waals surface area (Å²) in [6.07, 6.45) is 6.73. The minimum absolute atomic E-state index is 0.240. The zero-order valence-electron chi connectivity index (χ0n) is 11.4. The number of nitrogens with two attached hydrogens (primary N) is 1. The van der Waals surface area contributed by atoms with Gasteiger partial charge in [-0.15, -0.1) is 23.1 Å². The van der Waals surface area contributed by atoms with E-state index in [1.165, 1.54) is 12.8 Å². The molecule has 3 N–H and O–H groups in total. The summed E-state index contributed by atoms with van der Waals surface area (Å²) in [5.74, 6) is 1.29. The molecule has 2 saturated carbocycles. The van der Waals surface area contributed by atoms with Gasteiger partial charge in [0, 0.05) is 12.0 Å². The van der Waals surface area contributed by atoms with Crippen LogP contribution in [0.3, 0.4) is 0 Å². The number of hydrogen-bond donors (Lipinski definition) is 2. The average Bonchev–Trinajstić information content (AvgIpc) is 3.28. The normalized spacial score (nSPS) is 20.3. The number of hydrogen-bond acceptors (Lipinski definition) is 5. The Hall–Kier alpha value is -0.680. The van der Waals surface area contributed by atoms with Crippen molar-refractivity contribution < 1.29 is 4.79 Å². The van der Waals surface area contributed by atoms with Gasteiger partial charge in [0.2, 0.25) is 0 Å². The van der Waals surface area contributed by atoms with Crippen LogP contribution in [0.1, 0.15) is 42.3 Å². The van der Waals surface area contributed by atoms with Crippen molar-refractivity contribution in [2.45, 2.75) is 43.5 Å².